The number of nitriles is 1. The van der Waals surface area contributed by atoms with Crippen molar-refractivity contribution in [2.45, 2.75) is 4.90 Å². The SMILES string of the molecule is N#CC1=CN(c2cc(F)cc(F)c2)c2ccc(F)cc2S1(=O)=O. The summed E-state index contributed by atoms with van der Waals surface area (Å²) >= 11 is 0. The third kappa shape index (κ3) is 2.45. The van der Waals surface area contributed by atoms with Crippen LogP contribution in [0.3, 0.4) is 0 Å². The van der Waals surface area contributed by atoms with Gasteiger partial charge < -0.3 is 4.90 Å². The summed E-state index contributed by atoms with van der Waals surface area (Å²) in [7, 11) is -4.19. The van der Waals surface area contributed by atoms with Crippen molar-refractivity contribution in [3.05, 3.63) is 65.0 Å². The van der Waals surface area contributed by atoms with Crippen LogP contribution in [0.2, 0.25) is 0 Å². The van der Waals surface area contributed by atoms with Gasteiger partial charge in [0.25, 0.3) is 0 Å². The Balaban J connectivity index is 2.32. The molecule has 3 rings (SSSR count). The van der Waals surface area contributed by atoms with Gasteiger partial charge in [0.15, 0.2) is 4.91 Å². The standard InChI is InChI=1S/C15H7F3N2O2S/c16-9-1-2-14-15(6-9)23(21,22)13(7-19)8-20(14)12-4-10(17)3-11(18)5-12/h1-6,8H. The van der Waals surface area contributed by atoms with Crippen molar-refractivity contribution in [1.82, 2.24) is 0 Å². The molecular weight excluding hydrogens is 329 g/mol. The lowest BCUT2D eigenvalue weighted by molar-refractivity contribution is 0.583. The molecule has 1 aliphatic rings. The van der Waals surface area contributed by atoms with E-state index in [4.69, 9.17) is 5.26 Å². The van der Waals surface area contributed by atoms with Gasteiger partial charge in [0.1, 0.15) is 23.5 Å². The number of rotatable bonds is 1. The highest BCUT2D eigenvalue weighted by Gasteiger charge is 2.32. The third-order valence-electron chi connectivity index (χ3n) is 3.24. The first-order valence-electron chi connectivity index (χ1n) is 6.25. The van der Waals surface area contributed by atoms with Crippen molar-refractivity contribution in [2.75, 3.05) is 4.90 Å². The molecule has 0 radical (unpaired) electrons. The predicted molar refractivity (Wildman–Crippen MR) is 75.8 cm³/mol. The summed E-state index contributed by atoms with van der Waals surface area (Å²) in [6.45, 7) is 0. The van der Waals surface area contributed by atoms with Gasteiger partial charge in [-0.25, -0.2) is 21.6 Å². The first-order chi connectivity index (χ1) is 10.8. The van der Waals surface area contributed by atoms with Crippen molar-refractivity contribution >= 4 is 21.2 Å². The first kappa shape index (κ1) is 15.1. The molecule has 2 aromatic carbocycles. The third-order valence-corrected chi connectivity index (χ3v) is 4.92. The summed E-state index contributed by atoms with van der Waals surface area (Å²) in [4.78, 5) is 0.0297. The van der Waals surface area contributed by atoms with Crippen LogP contribution in [0.4, 0.5) is 24.5 Å². The number of benzene rings is 2. The Hall–Kier alpha value is -2.79. The number of sulfone groups is 1. The Labute approximate surface area is 129 Å². The van der Waals surface area contributed by atoms with Crippen LogP contribution < -0.4 is 4.90 Å². The van der Waals surface area contributed by atoms with Gasteiger partial charge in [-0.05, 0) is 30.3 Å². The molecule has 0 amide bonds. The summed E-state index contributed by atoms with van der Waals surface area (Å²) in [6, 6.07) is 7.05. The van der Waals surface area contributed by atoms with E-state index in [0.29, 0.717) is 6.07 Å². The highest BCUT2D eigenvalue weighted by Crippen LogP contribution is 2.39. The molecule has 0 spiro atoms. The van der Waals surface area contributed by atoms with Crippen molar-refractivity contribution in [1.29, 1.82) is 5.26 Å². The van der Waals surface area contributed by atoms with Gasteiger partial charge >= 0.3 is 0 Å². The minimum absolute atomic E-state index is 0.00426. The van der Waals surface area contributed by atoms with E-state index < -0.39 is 37.1 Å². The summed E-state index contributed by atoms with van der Waals surface area (Å²) in [5.74, 6) is -2.55. The maximum Gasteiger partial charge on any atom is 0.220 e. The van der Waals surface area contributed by atoms with Crippen LogP contribution in [-0.2, 0) is 9.84 Å². The number of hydrogen-bond acceptors (Lipinski definition) is 4. The van der Waals surface area contributed by atoms with Crippen LogP contribution in [0.25, 0.3) is 0 Å². The average Bonchev–Trinajstić information content (AvgIpc) is 2.47. The molecule has 0 bridgehead atoms. The number of anilines is 2. The summed E-state index contributed by atoms with van der Waals surface area (Å²) in [6.07, 6.45) is 0.948. The molecule has 0 saturated heterocycles. The molecule has 4 nitrogen and oxygen atoms in total. The van der Waals surface area contributed by atoms with Crippen LogP contribution in [-0.4, -0.2) is 8.42 Å². The molecule has 2 aromatic rings. The van der Waals surface area contributed by atoms with Crippen molar-refractivity contribution in [2.24, 2.45) is 0 Å². The molecular formula is C15H7F3N2O2S. The molecule has 8 heteroatoms. The van der Waals surface area contributed by atoms with Crippen LogP contribution in [0.1, 0.15) is 0 Å². The fourth-order valence-corrected chi connectivity index (χ4v) is 3.57. The Kier molecular flexibility index (Phi) is 3.38. The van der Waals surface area contributed by atoms with E-state index >= 15 is 0 Å². The zero-order valence-corrected chi connectivity index (χ0v) is 12.1. The Morgan fingerprint density at radius 3 is 2.22 bits per heavy atom. The van der Waals surface area contributed by atoms with Gasteiger partial charge in [-0.15, -0.1) is 0 Å². The summed E-state index contributed by atoms with van der Waals surface area (Å²) in [5, 5.41) is 9.03. The number of allylic oxidation sites excluding steroid dienone is 1. The smallest absolute Gasteiger partial charge is 0.220 e. The molecule has 1 heterocycles. The predicted octanol–water partition coefficient (Wildman–Crippen LogP) is 3.39. The second-order valence-corrected chi connectivity index (χ2v) is 6.60. The number of hydrogen-bond donors (Lipinski definition) is 0. The van der Waals surface area contributed by atoms with Crippen molar-refractivity contribution in [3.63, 3.8) is 0 Å². The minimum atomic E-state index is -4.19. The maximum atomic E-state index is 13.4. The first-order valence-corrected chi connectivity index (χ1v) is 7.73. The molecule has 0 aromatic heterocycles. The topological polar surface area (TPSA) is 61.2 Å². The minimum Gasteiger partial charge on any atom is -0.314 e. The van der Waals surface area contributed by atoms with Gasteiger partial charge in [0.05, 0.1) is 16.3 Å². The second kappa shape index (κ2) is 5.14. The monoisotopic (exact) mass is 336 g/mol. The summed E-state index contributed by atoms with van der Waals surface area (Å²) < 4.78 is 64.8. The molecule has 23 heavy (non-hydrogen) atoms. The van der Waals surface area contributed by atoms with Crippen LogP contribution in [0.15, 0.2) is 52.4 Å². The van der Waals surface area contributed by atoms with E-state index in [1.54, 1.807) is 0 Å². The van der Waals surface area contributed by atoms with E-state index in [0.717, 1.165) is 41.4 Å². The number of fused-ring (bicyclic) bond motifs is 1. The Morgan fingerprint density at radius 2 is 1.61 bits per heavy atom. The second-order valence-electron chi connectivity index (χ2n) is 4.72. The highest BCUT2D eigenvalue weighted by atomic mass is 32.2. The van der Waals surface area contributed by atoms with Gasteiger partial charge in [-0.1, -0.05) is 0 Å². The molecule has 0 atom stereocenters. The molecule has 0 saturated carbocycles. The van der Waals surface area contributed by atoms with Crippen molar-refractivity contribution < 1.29 is 21.6 Å². The molecule has 0 N–H and O–H groups in total. The largest absolute Gasteiger partial charge is 0.314 e. The average molecular weight is 336 g/mol. The summed E-state index contributed by atoms with van der Waals surface area (Å²) in [5.41, 5.74) is -0.0339. The fraction of sp³-hybridized carbons (Fsp3) is 0. The van der Waals surface area contributed by atoms with Crippen molar-refractivity contribution in [3.8, 4) is 6.07 Å². The van der Waals surface area contributed by atoms with E-state index in [2.05, 4.69) is 0 Å². The molecule has 0 unspecified atom stereocenters. The fourth-order valence-electron chi connectivity index (χ4n) is 2.26. The number of halogens is 3. The van der Waals surface area contributed by atoms with E-state index in [-0.39, 0.29) is 11.4 Å². The van der Waals surface area contributed by atoms with Crippen LogP contribution in [0.5, 0.6) is 0 Å². The highest BCUT2D eigenvalue weighted by molar-refractivity contribution is 7.95. The number of nitrogens with zero attached hydrogens (tertiary/aromatic N) is 2. The van der Waals surface area contributed by atoms with Gasteiger partial charge in [0, 0.05) is 12.3 Å². The lowest BCUT2D eigenvalue weighted by Crippen LogP contribution is -2.21. The van der Waals surface area contributed by atoms with Gasteiger partial charge in [-0.3, -0.25) is 0 Å². The Bertz CT molecular complexity index is 974. The quantitative estimate of drug-likeness (QED) is 0.801. The lowest BCUT2D eigenvalue weighted by atomic mass is 10.2. The normalized spacial score (nSPS) is 15.6. The molecule has 1 aliphatic heterocycles. The zero-order valence-electron chi connectivity index (χ0n) is 11.3. The van der Waals surface area contributed by atoms with E-state index in [1.807, 2.05) is 0 Å². The van der Waals surface area contributed by atoms with Crippen LogP contribution >= 0.6 is 0 Å². The van der Waals surface area contributed by atoms with E-state index in [1.165, 1.54) is 6.07 Å². The Morgan fingerprint density at radius 1 is 0.957 bits per heavy atom. The molecule has 0 fully saturated rings. The van der Waals surface area contributed by atoms with Gasteiger partial charge in [0.2, 0.25) is 9.84 Å². The lowest BCUT2D eigenvalue weighted by Gasteiger charge is -2.27. The zero-order chi connectivity index (χ0) is 16.8. The molecule has 116 valence electrons. The van der Waals surface area contributed by atoms with Crippen LogP contribution in [0, 0.1) is 28.8 Å². The maximum absolute atomic E-state index is 13.4. The van der Waals surface area contributed by atoms with E-state index in [9.17, 15) is 21.6 Å². The molecule has 0 aliphatic carbocycles. The van der Waals surface area contributed by atoms with Gasteiger partial charge in [-0.2, -0.15) is 5.26 Å².